The topological polar surface area (TPSA) is 296 Å². The van der Waals surface area contributed by atoms with Crippen LogP contribution in [0.5, 0.6) is 46.0 Å². The molecular formula is C96H152N8O16. The first kappa shape index (κ1) is 26.5. The summed E-state index contributed by atoms with van der Waals surface area (Å²) in [7, 11) is -2.03. The van der Waals surface area contributed by atoms with Gasteiger partial charge in [0.1, 0.15) is 48.4 Å². The van der Waals surface area contributed by atoms with E-state index >= 15 is 0 Å². The van der Waals surface area contributed by atoms with Crippen molar-refractivity contribution in [1.82, 2.24) is 19.6 Å². The number of nitrogens with zero attached hydrogens (tertiary/aromatic N) is 4. The van der Waals surface area contributed by atoms with Crippen molar-refractivity contribution in [3.05, 3.63) is 92.8 Å². The Morgan fingerprint density at radius 1 is 0.383 bits per heavy atom. The molecule has 0 amide bonds. The molecule has 8 heterocycles. The highest BCUT2D eigenvalue weighted by atomic mass is 16.6. The van der Waals surface area contributed by atoms with E-state index in [4.69, 9.17) is 198 Å². The molecule has 0 spiro atoms. The molecule has 24 heteroatoms. The normalized spacial score (nSPS) is 55.3. The minimum atomic E-state index is -5.05. The first-order valence-electron chi connectivity index (χ1n) is 88.2. The predicted molar refractivity (Wildman–Crippen MR) is 471 cm³/mol. The van der Waals surface area contributed by atoms with Gasteiger partial charge in [0.05, 0.1) is 86.9 Å². The number of nitrogens with two attached hydrogens (primary N) is 4. The molecule has 8 aliphatic heterocycles. The second-order valence-corrected chi connectivity index (χ2v) is 23.8. The number of ether oxygens (including phenoxy) is 12. The lowest BCUT2D eigenvalue weighted by atomic mass is 9.79. The van der Waals surface area contributed by atoms with Crippen molar-refractivity contribution in [1.29, 1.82) is 0 Å². The summed E-state index contributed by atoms with van der Waals surface area (Å²) in [5.41, 5.74) is 11.1. The summed E-state index contributed by atoms with van der Waals surface area (Å²) in [6, 6.07) is -42.9. The summed E-state index contributed by atoms with van der Waals surface area (Å²) in [4.78, 5) is 53.5. The van der Waals surface area contributed by atoms with Crippen LogP contribution in [0.4, 0.5) is 0 Å². The second-order valence-electron chi connectivity index (χ2n) is 23.8. The van der Waals surface area contributed by atoms with E-state index in [1.165, 1.54) is 0 Å². The first-order valence-corrected chi connectivity index (χ1v) is 33.2. The zero-order valence-corrected chi connectivity index (χ0v) is 63.9. The lowest BCUT2D eigenvalue weighted by Gasteiger charge is -2.47. The highest BCUT2D eigenvalue weighted by Crippen LogP contribution is 2.50. The number of rotatable bonds is 28. The van der Waals surface area contributed by atoms with Gasteiger partial charge in [-0.3, -0.25) is 38.8 Å². The highest BCUT2D eigenvalue weighted by molar-refractivity contribution is 5.77. The zero-order valence-electron chi connectivity index (χ0n) is 174. The lowest BCUT2D eigenvalue weighted by Crippen LogP contribution is -2.51. The van der Waals surface area contributed by atoms with Gasteiger partial charge in [0.25, 0.3) is 0 Å². The Morgan fingerprint density at radius 2 is 0.642 bits per heavy atom. The van der Waals surface area contributed by atoms with Crippen molar-refractivity contribution in [2.75, 3.05) is 109 Å². The van der Waals surface area contributed by atoms with E-state index in [0.717, 1.165) is 42.7 Å². The molecule has 8 aliphatic rings. The van der Waals surface area contributed by atoms with Gasteiger partial charge in [0, 0.05) is 246 Å². The van der Waals surface area contributed by atoms with E-state index < -0.39 is 550 Å². The third kappa shape index (κ3) is 23.8. The zero-order chi connectivity index (χ0) is 184. The minimum Gasteiger partial charge on any atom is -0.493 e. The van der Waals surface area contributed by atoms with E-state index in [0.29, 0.717) is 0 Å². The lowest BCUT2D eigenvalue weighted by molar-refractivity contribution is -0.161. The molecule has 4 saturated heterocycles. The van der Waals surface area contributed by atoms with Crippen molar-refractivity contribution in [2.45, 2.75) is 259 Å². The number of benzene rings is 4. The SMILES string of the molecule is [2H]c1c(OC)c(OC([2H])([2H])[2H])c([2H])c2c1C1N(C([2H])([2H])C2([2H])[2H])C([2H])([2H])C([2H])(C([2H])([2H])C([2H])(C)C([2H])([2H])[2H])C([2H])(OC(=O)[C@@]([2H])(N)C([2H])(C([2H])([2H])[2H])C([2H])([2H])[2H])C1([2H])[2H].[2H]c1c(OC)c(OC([2H])([2H])[2H])c([2H])c2c1C1N(C([2H])([2H])C2([2H])[2H])C([2H])([2H])C([2H])(C([2H])([2H])C([2H])(C)C([2H])([2H])[2H])C([2H])(OC(=O)[C@@]([2H])(N)C([2H])(C([2H])([2H])[2H])C([2H])([2H])[2H])C1([2H])[2H].[2H]c1c(OC)c(OC)c([2H])c2c1C([2H])([2H])C([2H])([2H])N1C([2H])([2H])C([2H])(C([2H])([2H])C([2H])(C)C([2H])([2H])[2H])C(OC(=O)[C@@]([2H])(N)C([2H])(C([2H])([2H])[2H])C([2H])([2H])[2H])C([2H])([2H])C21[2H].[2H]c1c(OC)c(OC)c([2H])c2c1C1N(C([2H])([2H])C2([2H])[2H])C([2H])([2H])C([2H])(C([2H])([2H])C([2H])(C)C([2H])([2H])[2H])C([2H])(OC(=O)[C@@]([2H])(N)C([2H])(C([2H])([2H])[2H])C([2H])([2H])[2H])C1([2H])[2H]. The Labute approximate surface area is 873 Å². The summed E-state index contributed by atoms with van der Waals surface area (Å²) >= 11 is 0. The molecule has 12 rings (SSSR count). The third-order valence-corrected chi connectivity index (χ3v) is 15.5. The van der Waals surface area contributed by atoms with Gasteiger partial charge in [-0.05, 0) is 191 Å². The number of fused-ring (bicyclic) bond motifs is 12. The molecule has 4 fully saturated rings. The van der Waals surface area contributed by atoms with Crippen LogP contribution in [0, 0.1) is 70.7 Å². The number of carbonyl (C=O) groups is 4. The Bertz CT molecular complexity index is 9010. The summed E-state index contributed by atoms with van der Waals surface area (Å²) in [6.45, 7) is -85.2. The molecule has 0 radical (unpaired) electrons. The Morgan fingerprint density at radius 3 is 0.933 bits per heavy atom. The van der Waals surface area contributed by atoms with E-state index in [9.17, 15) is 52.1 Å². The molecule has 20 atom stereocenters. The molecule has 16 unspecified atom stereocenters. The monoisotopic (exact) mass is 1780 g/mol. The van der Waals surface area contributed by atoms with Crippen LogP contribution in [0.1, 0.15) is 380 Å². The molecule has 0 saturated carbocycles. The van der Waals surface area contributed by atoms with Gasteiger partial charge in [-0.2, -0.15) is 0 Å². The average Bonchev–Trinajstić information content (AvgIpc) is 0.636. The molecule has 0 bridgehead atoms. The standard InChI is InChI=1S/4C24H38N2O4/c4*1-14(2)9-17-13-26-8-7-16-10-21(28-5)22(29-6)11-18(16)19(26)12-20(17)30-24(27)23(25)15(3)4/h4*10-11,14-15,17,19-20,23H,7-9,12-13,25H2,1-6H3/t4*17?,19?,20?,23-/m0000/s1/i2*1D3,3D3,4D3,5D3,7D2,8D2,9D2,10D,11D,12D2,13D2,14D,15D,17D,20D,23D;1D3,3D3,4D3,7D2,8D2,9D2,10D,11D,12D2,13D2,14D,15D,17D,20D,23D;1D3,3D3,4D3,7D2,8D2,9D2,10D,11D,12D2,13D2,14D,15D,17D,19D,23D/t4*14?,17?,19?,20?,23-. The maximum absolute atomic E-state index is 14.0. The van der Waals surface area contributed by atoms with Gasteiger partial charge >= 0.3 is 23.9 Å². The van der Waals surface area contributed by atoms with Crippen LogP contribution in [0.3, 0.4) is 0 Å². The van der Waals surface area contributed by atoms with Gasteiger partial charge in [-0.1, -0.05) is 110 Å². The van der Waals surface area contributed by atoms with Gasteiger partial charge < -0.3 is 79.8 Å². The van der Waals surface area contributed by atoms with Crippen molar-refractivity contribution in [3.8, 4) is 46.0 Å². The Kier molecular flexibility index (Phi) is 9.70. The number of esters is 4. The fraction of sp³-hybridized carbons (Fsp3) is 0.708. The molecule has 0 aliphatic carbocycles. The maximum Gasteiger partial charge on any atom is 0.323 e. The molecule has 672 valence electrons. The average molecular weight is 1780 g/mol. The number of hydrogen-bond acceptors (Lipinski definition) is 24. The molecule has 4 aromatic carbocycles. The Hall–Kier alpha value is -7.16. The van der Waals surface area contributed by atoms with E-state index in [1.54, 1.807) is 0 Å². The van der Waals surface area contributed by atoms with Crippen molar-refractivity contribution in [2.24, 2.45) is 93.7 Å². The Balaban J connectivity index is 0.000000328. The van der Waals surface area contributed by atoms with Crippen molar-refractivity contribution >= 4 is 23.9 Å². The second kappa shape index (κ2) is 43.9. The fourth-order valence-electron chi connectivity index (χ4n) is 10.2. The van der Waals surface area contributed by atoms with Crippen molar-refractivity contribution < 1.29 is 227 Å². The van der Waals surface area contributed by atoms with Crippen LogP contribution in [0.15, 0.2) is 48.3 Å². The molecule has 24 nitrogen and oxygen atoms in total. The van der Waals surface area contributed by atoms with Gasteiger partial charge in [-0.25, -0.2) is 0 Å². The quantitative estimate of drug-likeness (QED) is 0.0303. The molecule has 0 aromatic heterocycles. The molecule has 4 aromatic rings. The summed E-state index contributed by atoms with van der Waals surface area (Å²) in [6.07, 6.45) is -71.6. The summed E-state index contributed by atoms with van der Waals surface area (Å²) < 4.78 is 994. The van der Waals surface area contributed by atoms with Crippen LogP contribution in [-0.2, 0) is 63.6 Å². The largest absolute Gasteiger partial charge is 0.493 e. The molecule has 8 N–H and O–H groups in total. The van der Waals surface area contributed by atoms with E-state index in [1.807, 2.05) is 0 Å². The summed E-state index contributed by atoms with van der Waals surface area (Å²) in [5.74, 6) is -73.3. The maximum atomic E-state index is 14.0. The van der Waals surface area contributed by atoms with Crippen LogP contribution in [0.25, 0.3) is 0 Å². The minimum absolute atomic E-state index is 0.178. The predicted octanol–water partition coefficient (Wildman–Crippen LogP) is 14.3. The van der Waals surface area contributed by atoms with Gasteiger partial charge in [0.2, 0.25) is 0 Å². The van der Waals surface area contributed by atoms with E-state index in [2.05, 4.69) is 0 Å². The number of hydrogen-bond donors (Lipinski definition) is 4. The molecular weight excluding hydrogens is 1520 g/mol. The van der Waals surface area contributed by atoms with E-state index in [-0.39, 0.29) is 27.7 Å². The molecule has 120 heavy (non-hydrogen) atoms. The van der Waals surface area contributed by atoms with Crippen LogP contribution in [0.2, 0.25) is 0 Å². The van der Waals surface area contributed by atoms with Crippen LogP contribution in [-0.4, -0.2) is 201 Å². The summed E-state index contributed by atoms with van der Waals surface area (Å²) in [5, 5.41) is 0. The third-order valence-electron chi connectivity index (χ3n) is 15.5. The fourth-order valence-corrected chi connectivity index (χ4v) is 10.2. The number of methoxy groups -OCH3 is 8. The van der Waals surface area contributed by atoms with Crippen molar-refractivity contribution in [3.63, 3.8) is 0 Å². The number of piperidine rings is 4. The van der Waals surface area contributed by atoms with Gasteiger partial charge in [-0.15, -0.1) is 0 Å². The van der Waals surface area contributed by atoms with Gasteiger partial charge in [0.15, 0.2) is 46.0 Å². The highest BCUT2D eigenvalue weighted by Gasteiger charge is 2.47. The smallest absolute Gasteiger partial charge is 0.323 e. The number of carbonyl (C=O) groups excluding carboxylic acids is 4. The van der Waals surface area contributed by atoms with Crippen LogP contribution < -0.4 is 60.8 Å². The van der Waals surface area contributed by atoms with Crippen LogP contribution >= 0.6 is 0 Å². The first-order chi connectivity index (χ1) is 99.6.